The molecule has 0 aromatic heterocycles. The van der Waals surface area contributed by atoms with Gasteiger partial charge in [-0.3, -0.25) is 0 Å². The largest absolute Gasteiger partial charge is 0.417 e. The molecule has 0 bridgehead atoms. The van der Waals surface area contributed by atoms with E-state index in [0.717, 1.165) is 16.7 Å². The Balaban J connectivity index is 1.62. The van der Waals surface area contributed by atoms with E-state index in [0.29, 0.717) is 0 Å². The Kier molecular flexibility index (Phi) is 9.45. The zero-order chi connectivity index (χ0) is 25.4. The Bertz CT molecular complexity index is 1040. The highest BCUT2D eigenvalue weighted by atomic mass is 32.2. The Morgan fingerprint density at radius 2 is 1.03 bits per heavy atom. The Morgan fingerprint density at radius 1 is 0.639 bits per heavy atom. The number of benzene rings is 3. The molecular weight excluding hydrogens is 489 g/mol. The Morgan fingerprint density at radius 3 is 1.42 bits per heavy atom. The molecule has 1 aliphatic rings. The van der Waals surface area contributed by atoms with Crippen molar-refractivity contribution in [3.8, 4) is 0 Å². The van der Waals surface area contributed by atoms with Crippen LogP contribution in [0.25, 0.3) is 0 Å². The summed E-state index contributed by atoms with van der Waals surface area (Å²) in [5.74, 6) is 0. The van der Waals surface area contributed by atoms with Gasteiger partial charge in [0, 0.05) is 0 Å². The molecule has 1 aliphatic heterocycles. The van der Waals surface area contributed by atoms with Crippen LogP contribution in [0.1, 0.15) is 16.7 Å². The fourth-order valence-electron chi connectivity index (χ4n) is 4.11. The van der Waals surface area contributed by atoms with Crippen molar-refractivity contribution < 1.29 is 32.1 Å². The number of hydrogen-bond acceptors (Lipinski definition) is 5. The molecule has 1 saturated heterocycles. The van der Waals surface area contributed by atoms with Gasteiger partial charge < -0.3 is 18.9 Å². The minimum absolute atomic E-state index is 0.0119. The van der Waals surface area contributed by atoms with Crippen LogP contribution in [0.2, 0.25) is 0 Å². The molecule has 192 valence electrons. The molecular formula is C28H29F3O4S. The summed E-state index contributed by atoms with van der Waals surface area (Å²) in [5, 5.41) is 0. The van der Waals surface area contributed by atoms with E-state index in [9.17, 15) is 13.2 Å². The third kappa shape index (κ3) is 7.11. The van der Waals surface area contributed by atoms with Crippen molar-refractivity contribution in [1.82, 2.24) is 0 Å². The summed E-state index contributed by atoms with van der Waals surface area (Å²) in [6.45, 7) is 0.314. The first-order chi connectivity index (χ1) is 17.5. The van der Waals surface area contributed by atoms with Crippen LogP contribution in [-0.4, -0.2) is 42.3 Å². The van der Waals surface area contributed by atoms with Crippen LogP contribution in [0, 0.1) is 0 Å². The molecule has 0 aliphatic carbocycles. The lowest BCUT2D eigenvalue weighted by Gasteiger charge is -2.46. The van der Waals surface area contributed by atoms with Gasteiger partial charge in [0.1, 0.15) is 23.7 Å². The standard InChI is InChI=1S/C28H29F3O4S/c1-36-27-25(34-19-22-15-9-4-10-16-22)23(32-17-20-11-5-2-6-12-20)24(26(35-27)28(29,30)31)33-18-21-13-7-3-8-14-21/h2-16,23-27H,17-19H2,1H3/t23-,24+,25+,26-,27+/m1/s1. The predicted molar refractivity (Wildman–Crippen MR) is 133 cm³/mol. The van der Waals surface area contributed by atoms with Gasteiger partial charge in [0.25, 0.3) is 0 Å². The summed E-state index contributed by atoms with van der Waals surface area (Å²) in [6, 6.07) is 27.9. The van der Waals surface area contributed by atoms with Crippen LogP contribution >= 0.6 is 11.8 Å². The highest BCUT2D eigenvalue weighted by molar-refractivity contribution is 7.99. The summed E-state index contributed by atoms with van der Waals surface area (Å²) in [6.07, 6.45) is -8.32. The van der Waals surface area contributed by atoms with E-state index < -0.39 is 36.0 Å². The van der Waals surface area contributed by atoms with Gasteiger partial charge in [-0.2, -0.15) is 13.2 Å². The second kappa shape index (κ2) is 12.7. The average Bonchev–Trinajstić information content (AvgIpc) is 2.90. The lowest BCUT2D eigenvalue weighted by Crippen LogP contribution is -2.63. The van der Waals surface area contributed by atoms with E-state index in [1.54, 1.807) is 18.4 Å². The minimum atomic E-state index is -4.64. The van der Waals surface area contributed by atoms with E-state index in [-0.39, 0.29) is 19.8 Å². The molecule has 8 heteroatoms. The monoisotopic (exact) mass is 518 g/mol. The maximum atomic E-state index is 14.2. The molecule has 0 saturated carbocycles. The van der Waals surface area contributed by atoms with Crippen molar-refractivity contribution >= 4 is 11.8 Å². The van der Waals surface area contributed by atoms with Crippen LogP contribution in [0.5, 0.6) is 0 Å². The van der Waals surface area contributed by atoms with Gasteiger partial charge in [0.15, 0.2) is 6.10 Å². The van der Waals surface area contributed by atoms with Crippen LogP contribution in [0.15, 0.2) is 91.0 Å². The van der Waals surface area contributed by atoms with Crippen molar-refractivity contribution in [2.24, 2.45) is 0 Å². The van der Waals surface area contributed by atoms with E-state index in [4.69, 9.17) is 18.9 Å². The predicted octanol–water partition coefficient (Wildman–Crippen LogP) is 6.39. The first-order valence-electron chi connectivity index (χ1n) is 11.7. The number of rotatable bonds is 10. The van der Waals surface area contributed by atoms with E-state index in [1.807, 2.05) is 78.9 Å². The molecule has 0 radical (unpaired) electrons. The molecule has 0 N–H and O–H groups in total. The molecule has 3 aromatic rings. The van der Waals surface area contributed by atoms with Gasteiger partial charge in [-0.05, 0) is 22.9 Å². The first-order valence-corrected chi connectivity index (χ1v) is 13.0. The van der Waals surface area contributed by atoms with Crippen molar-refractivity contribution in [2.75, 3.05) is 6.26 Å². The number of ether oxygens (including phenoxy) is 4. The quantitative estimate of drug-likeness (QED) is 0.311. The van der Waals surface area contributed by atoms with E-state index >= 15 is 0 Å². The van der Waals surface area contributed by atoms with Gasteiger partial charge >= 0.3 is 6.18 Å². The summed E-state index contributed by atoms with van der Waals surface area (Å²) < 4.78 is 66.6. The fourth-order valence-corrected chi connectivity index (χ4v) is 4.84. The summed E-state index contributed by atoms with van der Waals surface area (Å²) in [7, 11) is 0. The van der Waals surface area contributed by atoms with Gasteiger partial charge in [0.05, 0.1) is 19.8 Å². The second-order valence-corrected chi connectivity index (χ2v) is 9.42. The smallest absolute Gasteiger partial charge is 0.368 e. The van der Waals surface area contributed by atoms with E-state index in [2.05, 4.69) is 0 Å². The lowest BCUT2D eigenvalue weighted by molar-refractivity contribution is -0.317. The lowest BCUT2D eigenvalue weighted by atomic mass is 9.98. The van der Waals surface area contributed by atoms with Crippen molar-refractivity contribution in [3.05, 3.63) is 108 Å². The highest BCUT2D eigenvalue weighted by Gasteiger charge is 2.57. The molecule has 36 heavy (non-hydrogen) atoms. The molecule has 1 fully saturated rings. The van der Waals surface area contributed by atoms with Gasteiger partial charge in [-0.25, -0.2) is 0 Å². The van der Waals surface area contributed by atoms with Crippen LogP contribution < -0.4 is 0 Å². The normalized spacial score (nSPS) is 24.5. The first kappa shape index (κ1) is 26.7. The Labute approximate surface area is 213 Å². The van der Waals surface area contributed by atoms with Crippen LogP contribution in [0.4, 0.5) is 13.2 Å². The van der Waals surface area contributed by atoms with Gasteiger partial charge in [0.2, 0.25) is 0 Å². The topological polar surface area (TPSA) is 36.9 Å². The zero-order valence-corrected chi connectivity index (χ0v) is 20.7. The second-order valence-electron chi connectivity index (χ2n) is 8.49. The maximum Gasteiger partial charge on any atom is 0.417 e. The summed E-state index contributed by atoms with van der Waals surface area (Å²) in [5.41, 5.74) is 1.61. The van der Waals surface area contributed by atoms with E-state index in [1.165, 1.54) is 11.8 Å². The van der Waals surface area contributed by atoms with Gasteiger partial charge in [-0.1, -0.05) is 91.0 Å². The SMILES string of the molecule is CS[C@@H]1O[C@@H](C(F)(F)F)[C@@H](OCc2ccccc2)[C@@H](OCc2ccccc2)[C@@H]1OCc1ccccc1. The van der Waals surface area contributed by atoms with Crippen molar-refractivity contribution in [1.29, 1.82) is 0 Å². The third-order valence-electron chi connectivity index (χ3n) is 5.91. The zero-order valence-electron chi connectivity index (χ0n) is 19.8. The number of alkyl halides is 3. The van der Waals surface area contributed by atoms with Crippen LogP contribution in [0.3, 0.4) is 0 Å². The van der Waals surface area contributed by atoms with Crippen molar-refractivity contribution in [3.63, 3.8) is 0 Å². The number of hydrogen-bond donors (Lipinski definition) is 0. The minimum Gasteiger partial charge on any atom is -0.368 e. The Hall–Kier alpha value is -2.36. The average molecular weight is 519 g/mol. The molecule has 0 unspecified atom stereocenters. The number of thioether (sulfide) groups is 1. The number of halogens is 3. The molecule has 0 amide bonds. The molecule has 3 aromatic carbocycles. The molecule has 5 atom stereocenters. The molecule has 4 nitrogen and oxygen atoms in total. The molecule has 4 rings (SSSR count). The van der Waals surface area contributed by atoms with Crippen molar-refractivity contribution in [2.45, 2.75) is 55.8 Å². The van der Waals surface area contributed by atoms with Gasteiger partial charge in [-0.15, -0.1) is 11.8 Å². The van der Waals surface area contributed by atoms with Crippen LogP contribution in [-0.2, 0) is 38.8 Å². The third-order valence-corrected chi connectivity index (χ3v) is 6.75. The summed E-state index contributed by atoms with van der Waals surface area (Å²) in [4.78, 5) is 0. The maximum absolute atomic E-state index is 14.2. The summed E-state index contributed by atoms with van der Waals surface area (Å²) >= 11 is 1.17. The molecule has 1 heterocycles. The molecule has 0 spiro atoms. The highest BCUT2D eigenvalue weighted by Crippen LogP contribution is 2.40. The fraction of sp³-hybridized carbons (Fsp3) is 0.357.